The number of carbonyl (C=O) groups is 4. The summed E-state index contributed by atoms with van der Waals surface area (Å²) in [5.41, 5.74) is 4.35. The highest BCUT2D eigenvalue weighted by Gasteiger charge is 2.39. The van der Waals surface area contributed by atoms with Gasteiger partial charge in [0.2, 0.25) is 0 Å². The molecule has 0 fully saturated rings. The van der Waals surface area contributed by atoms with Gasteiger partial charge < -0.3 is 14.8 Å². The molecule has 0 radical (unpaired) electrons. The van der Waals surface area contributed by atoms with Crippen molar-refractivity contribution in [2.45, 2.75) is 71.1 Å². The molecule has 1 unspecified atom stereocenters. The summed E-state index contributed by atoms with van der Waals surface area (Å²) in [6, 6.07) is 12.3. The van der Waals surface area contributed by atoms with Gasteiger partial charge in [0.25, 0.3) is 11.8 Å². The molecule has 0 bridgehead atoms. The van der Waals surface area contributed by atoms with E-state index in [1.54, 1.807) is 56.3 Å². The first-order chi connectivity index (χ1) is 21.8. The number of aromatic nitrogens is 2. The fourth-order valence-electron chi connectivity index (χ4n) is 6.13. The van der Waals surface area contributed by atoms with Crippen molar-refractivity contribution >= 4 is 34.8 Å². The summed E-state index contributed by atoms with van der Waals surface area (Å²) in [4.78, 5) is 52.7. The molecule has 1 atom stereocenters. The fraction of sp³-hybridized carbons (Fsp3) is 0.412. The fourth-order valence-corrected chi connectivity index (χ4v) is 6.13. The Hall–Kier alpha value is -4.80. The molecule has 2 aromatic carbocycles. The molecule has 45 heavy (non-hydrogen) atoms. The lowest BCUT2D eigenvalue weighted by atomic mass is 9.80. The summed E-state index contributed by atoms with van der Waals surface area (Å²) >= 11 is 0. The topological polar surface area (TPSA) is 141 Å². The normalized spacial score (nSPS) is 16.3. The number of hydrogen-bond acceptors (Lipinski definition) is 10. The van der Waals surface area contributed by atoms with Crippen molar-refractivity contribution in [1.29, 1.82) is 0 Å². The molecular weight excluding hydrogens is 576 g/mol. The van der Waals surface area contributed by atoms with E-state index in [2.05, 4.69) is 15.6 Å². The number of unbranched alkanes of at least 4 members (excludes halogenated alkanes) is 7. The van der Waals surface area contributed by atoms with Crippen molar-refractivity contribution in [3.8, 4) is 0 Å². The van der Waals surface area contributed by atoms with Gasteiger partial charge in [-0.2, -0.15) is 0 Å². The average molecular weight is 615 g/mol. The van der Waals surface area contributed by atoms with Crippen LogP contribution < -0.4 is 5.32 Å². The highest BCUT2D eigenvalue weighted by atomic mass is 16.6. The average Bonchev–Trinajstić information content (AvgIpc) is 3.62. The SMILES string of the molecule is COC(=O)C1=C(C)NC(C)=C(C(=O)OCCCCCCCCCCN2C(=O)c3ccccc3C2=O)C1c1cccc2nonc12. The number of amides is 2. The highest BCUT2D eigenvalue weighted by Crippen LogP contribution is 2.41. The molecule has 0 saturated heterocycles. The minimum atomic E-state index is -0.765. The van der Waals surface area contributed by atoms with Crippen LogP contribution in [-0.2, 0) is 19.1 Å². The lowest BCUT2D eigenvalue weighted by Gasteiger charge is -2.30. The van der Waals surface area contributed by atoms with Crippen molar-refractivity contribution in [2.24, 2.45) is 0 Å². The van der Waals surface area contributed by atoms with Crippen LogP contribution in [0.1, 0.15) is 97.4 Å². The number of esters is 2. The summed E-state index contributed by atoms with van der Waals surface area (Å²) < 4.78 is 15.7. The van der Waals surface area contributed by atoms with Crippen LogP contribution in [0.5, 0.6) is 0 Å². The summed E-state index contributed by atoms with van der Waals surface area (Å²) in [5.74, 6) is -2.22. The third-order valence-electron chi connectivity index (χ3n) is 8.40. The Morgan fingerprint density at radius 3 is 2.04 bits per heavy atom. The minimum Gasteiger partial charge on any atom is -0.466 e. The van der Waals surface area contributed by atoms with E-state index >= 15 is 0 Å². The third-order valence-corrected chi connectivity index (χ3v) is 8.40. The largest absolute Gasteiger partial charge is 0.466 e. The number of fused-ring (bicyclic) bond motifs is 2. The minimum absolute atomic E-state index is 0.196. The van der Waals surface area contributed by atoms with E-state index in [1.807, 2.05) is 0 Å². The van der Waals surface area contributed by atoms with Gasteiger partial charge in [-0.25, -0.2) is 14.2 Å². The molecule has 2 aliphatic rings. The van der Waals surface area contributed by atoms with Gasteiger partial charge >= 0.3 is 11.9 Å². The maximum absolute atomic E-state index is 13.5. The highest BCUT2D eigenvalue weighted by molar-refractivity contribution is 6.21. The second kappa shape index (κ2) is 14.3. The molecule has 236 valence electrons. The number of rotatable bonds is 14. The maximum atomic E-state index is 13.5. The van der Waals surface area contributed by atoms with Gasteiger partial charge in [0.15, 0.2) is 0 Å². The molecule has 1 N–H and O–H groups in total. The number of benzene rings is 2. The Kier molecular flexibility index (Phi) is 10.1. The molecule has 11 nitrogen and oxygen atoms in total. The predicted molar refractivity (Wildman–Crippen MR) is 165 cm³/mol. The molecule has 3 heterocycles. The Morgan fingerprint density at radius 1 is 0.800 bits per heavy atom. The number of carbonyl (C=O) groups excluding carboxylic acids is 4. The van der Waals surface area contributed by atoms with Gasteiger partial charge in [0.05, 0.1) is 41.9 Å². The Morgan fingerprint density at radius 2 is 1.40 bits per heavy atom. The number of ether oxygens (including phenoxy) is 2. The Labute approximate surface area is 261 Å². The van der Waals surface area contributed by atoms with Gasteiger partial charge in [-0.1, -0.05) is 62.8 Å². The molecule has 0 aliphatic carbocycles. The van der Waals surface area contributed by atoms with Crippen LogP contribution >= 0.6 is 0 Å². The van der Waals surface area contributed by atoms with Gasteiger partial charge in [0, 0.05) is 17.9 Å². The first-order valence-corrected chi connectivity index (χ1v) is 15.4. The monoisotopic (exact) mass is 614 g/mol. The number of nitrogens with zero attached hydrogens (tertiary/aromatic N) is 3. The van der Waals surface area contributed by atoms with Gasteiger partial charge in [-0.3, -0.25) is 14.5 Å². The smallest absolute Gasteiger partial charge is 0.336 e. The second-order valence-corrected chi connectivity index (χ2v) is 11.4. The van der Waals surface area contributed by atoms with E-state index in [-0.39, 0.29) is 18.4 Å². The number of dihydropyridines is 1. The van der Waals surface area contributed by atoms with E-state index in [0.29, 0.717) is 56.8 Å². The first kappa shape index (κ1) is 31.6. The van der Waals surface area contributed by atoms with Crippen LogP contribution in [0.15, 0.2) is 69.6 Å². The quantitative estimate of drug-likeness (QED) is 0.139. The number of methoxy groups -OCH3 is 1. The predicted octanol–water partition coefficient (Wildman–Crippen LogP) is 5.59. The number of nitrogens with one attached hydrogen (secondary N) is 1. The van der Waals surface area contributed by atoms with Gasteiger partial charge in [0.1, 0.15) is 11.0 Å². The molecule has 0 saturated carbocycles. The summed E-state index contributed by atoms with van der Waals surface area (Å²) in [5, 5.41) is 11.1. The van der Waals surface area contributed by atoms with Crippen LogP contribution in [0.4, 0.5) is 0 Å². The van der Waals surface area contributed by atoms with E-state index in [0.717, 1.165) is 51.4 Å². The Bertz CT molecular complexity index is 1640. The van der Waals surface area contributed by atoms with Gasteiger partial charge in [-0.15, -0.1) is 0 Å². The van der Waals surface area contributed by atoms with E-state index in [9.17, 15) is 19.2 Å². The molecule has 5 rings (SSSR count). The molecular formula is C34H38N4O7. The van der Waals surface area contributed by atoms with Crippen molar-refractivity contribution < 1.29 is 33.3 Å². The zero-order chi connectivity index (χ0) is 31.9. The number of hydrogen-bond donors (Lipinski definition) is 1. The number of imide groups is 1. The zero-order valence-corrected chi connectivity index (χ0v) is 25.9. The molecule has 2 amide bonds. The lowest BCUT2D eigenvalue weighted by molar-refractivity contribution is -0.139. The first-order valence-electron chi connectivity index (χ1n) is 15.4. The Balaban J connectivity index is 1.05. The van der Waals surface area contributed by atoms with Crippen molar-refractivity contribution in [3.05, 3.63) is 81.7 Å². The van der Waals surface area contributed by atoms with Crippen LogP contribution in [0.3, 0.4) is 0 Å². The van der Waals surface area contributed by atoms with Crippen molar-refractivity contribution in [3.63, 3.8) is 0 Å². The van der Waals surface area contributed by atoms with Crippen LogP contribution in [0.25, 0.3) is 11.0 Å². The molecule has 2 aliphatic heterocycles. The molecule has 1 aromatic heterocycles. The molecule has 11 heteroatoms. The van der Waals surface area contributed by atoms with Gasteiger partial charge in [-0.05, 0) is 60.8 Å². The summed E-state index contributed by atoms with van der Waals surface area (Å²) in [7, 11) is 1.30. The van der Waals surface area contributed by atoms with E-state index < -0.39 is 17.9 Å². The molecule has 3 aromatic rings. The second-order valence-electron chi connectivity index (χ2n) is 11.4. The maximum Gasteiger partial charge on any atom is 0.336 e. The standard InChI is InChI=1S/C34H38N4O7/c1-21-27(33(41)43-3)29(25-17-14-18-26-30(25)37-45-36-26)28(22(2)35-21)34(42)44-20-13-9-7-5-4-6-8-12-19-38-31(39)23-15-10-11-16-24(23)32(38)40/h10-11,14-18,29,35H,4-9,12-13,19-20H2,1-3H3. The summed E-state index contributed by atoms with van der Waals surface area (Å²) in [6.45, 7) is 4.25. The van der Waals surface area contributed by atoms with Crippen LogP contribution in [0.2, 0.25) is 0 Å². The zero-order valence-electron chi connectivity index (χ0n) is 25.9. The van der Waals surface area contributed by atoms with Crippen LogP contribution in [0, 0.1) is 0 Å². The van der Waals surface area contributed by atoms with Crippen molar-refractivity contribution in [1.82, 2.24) is 20.5 Å². The van der Waals surface area contributed by atoms with E-state index in [1.165, 1.54) is 12.0 Å². The number of allylic oxidation sites excluding steroid dienone is 2. The van der Waals surface area contributed by atoms with Crippen LogP contribution in [-0.4, -0.2) is 59.2 Å². The lowest BCUT2D eigenvalue weighted by Crippen LogP contribution is -2.32. The van der Waals surface area contributed by atoms with Crippen molar-refractivity contribution in [2.75, 3.05) is 20.3 Å². The molecule has 0 spiro atoms. The summed E-state index contributed by atoms with van der Waals surface area (Å²) in [6.07, 6.45) is 7.54. The van der Waals surface area contributed by atoms with E-state index in [4.69, 9.17) is 14.1 Å². The third kappa shape index (κ3) is 6.67.